The van der Waals surface area contributed by atoms with Gasteiger partial charge in [-0.25, -0.2) is 0 Å². The lowest BCUT2D eigenvalue weighted by Gasteiger charge is -2.40. The molecule has 0 aliphatic carbocycles. The maximum atomic E-state index is 6.43. The topological polar surface area (TPSA) is 44.5 Å². The normalized spacial score (nSPS) is 36.2. The zero-order chi connectivity index (χ0) is 11.5. The summed E-state index contributed by atoms with van der Waals surface area (Å²) >= 11 is 0. The van der Waals surface area contributed by atoms with Crippen molar-refractivity contribution in [3.05, 3.63) is 0 Å². The summed E-state index contributed by atoms with van der Waals surface area (Å²) < 4.78 is 0. The number of piperidine rings is 1. The zero-order valence-electron chi connectivity index (χ0n) is 10.7. The summed E-state index contributed by atoms with van der Waals surface area (Å²) in [6.07, 6.45) is 2.60. The number of likely N-dealkylation sites (tertiary alicyclic amines) is 1. The Kier molecular flexibility index (Phi) is 4.19. The fourth-order valence-corrected chi connectivity index (χ4v) is 3.04. The van der Waals surface area contributed by atoms with Crippen molar-refractivity contribution in [1.82, 2.24) is 15.1 Å². The second-order valence-corrected chi connectivity index (χ2v) is 5.56. The summed E-state index contributed by atoms with van der Waals surface area (Å²) in [7, 11) is 4.40. The number of nitrogens with one attached hydrogen (secondary N) is 1. The van der Waals surface area contributed by atoms with E-state index in [2.05, 4.69) is 29.2 Å². The minimum absolute atomic E-state index is 0.311. The predicted octanol–water partition coefficient (Wildman–Crippen LogP) is -0.441. The Hall–Kier alpha value is -0.160. The molecule has 2 saturated heterocycles. The smallest absolute Gasteiger partial charge is 0.0350 e. The number of piperazine rings is 1. The van der Waals surface area contributed by atoms with Crippen molar-refractivity contribution in [2.75, 3.05) is 46.8 Å². The van der Waals surface area contributed by atoms with Crippen molar-refractivity contribution in [2.45, 2.75) is 24.9 Å². The van der Waals surface area contributed by atoms with E-state index in [0.29, 0.717) is 18.0 Å². The highest BCUT2D eigenvalue weighted by atomic mass is 15.2. The molecule has 2 rings (SSSR count). The number of hydrogen-bond donors (Lipinski definition) is 2. The van der Waals surface area contributed by atoms with Gasteiger partial charge in [0.25, 0.3) is 0 Å². The molecule has 0 radical (unpaired) electrons. The molecule has 94 valence electrons. The Morgan fingerprint density at radius 3 is 2.62 bits per heavy atom. The van der Waals surface area contributed by atoms with E-state index in [-0.39, 0.29) is 0 Å². The van der Waals surface area contributed by atoms with Crippen LogP contribution >= 0.6 is 0 Å². The molecular formula is C12H26N4. The molecule has 2 heterocycles. The van der Waals surface area contributed by atoms with Gasteiger partial charge >= 0.3 is 0 Å². The molecule has 3 N–H and O–H groups in total. The van der Waals surface area contributed by atoms with E-state index < -0.39 is 0 Å². The Balaban J connectivity index is 1.87. The fourth-order valence-electron chi connectivity index (χ4n) is 3.04. The van der Waals surface area contributed by atoms with Crippen LogP contribution in [0.4, 0.5) is 0 Å². The monoisotopic (exact) mass is 226 g/mol. The molecule has 4 heteroatoms. The molecule has 0 aromatic rings. The number of rotatable bonds is 2. The average molecular weight is 226 g/mol. The lowest BCUT2D eigenvalue weighted by Crippen LogP contribution is -2.60. The van der Waals surface area contributed by atoms with E-state index in [0.717, 1.165) is 19.6 Å². The molecule has 3 atom stereocenters. The third-order valence-corrected chi connectivity index (χ3v) is 4.08. The molecule has 16 heavy (non-hydrogen) atoms. The maximum Gasteiger partial charge on any atom is 0.0350 e. The Labute approximate surface area is 99.2 Å². The minimum atomic E-state index is 0.311. The van der Waals surface area contributed by atoms with Gasteiger partial charge < -0.3 is 20.9 Å². The fraction of sp³-hybridized carbons (Fsp3) is 1.00. The molecule has 4 nitrogen and oxygen atoms in total. The predicted molar refractivity (Wildman–Crippen MR) is 67.5 cm³/mol. The highest BCUT2D eigenvalue weighted by Gasteiger charge is 2.30. The second-order valence-electron chi connectivity index (χ2n) is 5.56. The summed E-state index contributed by atoms with van der Waals surface area (Å²) in [5.41, 5.74) is 6.43. The quantitative estimate of drug-likeness (QED) is 0.670. The average Bonchev–Trinajstić information content (AvgIpc) is 2.28. The van der Waals surface area contributed by atoms with Gasteiger partial charge in [-0.15, -0.1) is 0 Å². The van der Waals surface area contributed by atoms with Crippen LogP contribution in [0.1, 0.15) is 12.8 Å². The molecule has 2 aliphatic heterocycles. The second kappa shape index (κ2) is 5.45. The third kappa shape index (κ3) is 2.94. The number of hydrogen-bond acceptors (Lipinski definition) is 4. The van der Waals surface area contributed by atoms with E-state index in [1.807, 2.05) is 0 Å². The van der Waals surface area contributed by atoms with E-state index in [1.54, 1.807) is 0 Å². The van der Waals surface area contributed by atoms with Crippen LogP contribution in [0.25, 0.3) is 0 Å². The van der Waals surface area contributed by atoms with Crippen LogP contribution in [0.3, 0.4) is 0 Å². The van der Waals surface area contributed by atoms with Crippen molar-refractivity contribution in [2.24, 2.45) is 11.7 Å². The zero-order valence-corrected chi connectivity index (χ0v) is 10.7. The maximum absolute atomic E-state index is 6.43. The number of likely N-dealkylation sites (N-methyl/N-ethyl adjacent to an activating group) is 1. The van der Waals surface area contributed by atoms with Crippen LogP contribution in [0, 0.1) is 5.92 Å². The van der Waals surface area contributed by atoms with Gasteiger partial charge in [-0.05, 0) is 39.4 Å². The van der Waals surface area contributed by atoms with Gasteiger partial charge in [0.05, 0.1) is 0 Å². The van der Waals surface area contributed by atoms with Gasteiger partial charge in [0.2, 0.25) is 0 Å². The molecule has 0 amide bonds. The Morgan fingerprint density at radius 2 is 1.94 bits per heavy atom. The minimum Gasteiger partial charge on any atom is -0.326 e. The largest absolute Gasteiger partial charge is 0.326 e. The molecule has 0 spiro atoms. The van der Waals surface area contributed by atoms with Gasteiger partial charge in [0.15, 0.2) is 0 Å². The summed E-state index contributed by atoms with van der Waals surface area (Å²) in [4.78, 5) is 4.80. The lowest BCUT2D eigenvalue weighted by atomic mass is 9.86. The summed E-state index contributed by atoms with van der Waals surface area (Å²) in [5, 5.41) is 3.58. The van der Waals surface area contributed by atoms with Gasteiger partial charge in [-0.1, -0.05) is 0 Å². The molecular weight excluding hydrogens is 200 g/mol. The Morgan fingerprint density at radius 1 is 1.19 bits per heavy atom. The van der Waals surface area contributed by atoms with E-state index in [9.17, 15) is 0 Å². The standard InChI is InChI=1S/C12H26N4/c1-15-6-3-4-10(8-15)12(13)11-9-16(2)7-5-14-11/h10-12,14H,3-9,13H2,1-2H3. The molecule has 2 fully saturated rings. The molecule has 2 aliphatic rings. The van der Waals surface area contributed by atoms with Crippen molar-refractivity contribution in [3.63, 3.8) is 0 Å². The van der Waals surface area contributed by atoms with Crippen molar-refractivity contribution < 1.29 is 0 Å². The number of nitrogens with zero attached hydrogens (tertiary/aromatic N) is 2. The van der Waals surface area contributed by atoms with Crippen molar-refractivity contribution in [3.8, 4) is 0 Å². The summed E-state index contributed by atoms with van der Waals surface area (Å²) in [5.74, 6) is 0.669. The number of nitrogens with two attached hydrogens (primary N) is 1. The van der Waals surface area contributed by atoms with Crippen LogP contribution in [-0.2, 0) is 0 Å². The first kappa shape index (κ1) is 12.3. The molecule has 3 unspecified atom stereocenters. The molecule has 0 bridgehead atoms. The summed E-state index contributed by atoms with van der Waals surface area (Å²) in [6, 6.07) is 0.792. The van der Waals surface area contributed by atoms with Crippen LogP contribution < -0.4 is 11.1 Å². The highest BCUT2D eigenvalue weighted by Crippen LogP contribution is 2.20. The highest BCUT2D eigenvalue weighted by molar-refractivity contribution is 4.91. The van der Waals surface area contributed by atoms with E-state index in [1.165, 1.54) is 25.9 Å². The summed E-state index contributed by atoms with van der Waals surface area (Å²) in [6.45, 7) is 5.73. The van der Waals surface area contributed by atoms with Crippen molar-refractivity contribution >= 4 is 0 Å². The van der Waals surface area contributed by atoms with Gasteiger partial charge in [0, 0.05) is 38.3 Å². The molecule has 0 aromatic heterocycles. The Bertz CT molecular complexity index is 199. The molecule has 0 saturated carbocycles. The van der Waals surface area contributed by atoms with Crippen molar-refractivity contribution in [1.29, 1.82) is 0 Å². The first-order valence-corrected chi connectivity index (χ1v) is 6.53. The van der Waals surface area contributed by atoms with Gasteiger partial charge in [-0.3, -0.25) is 0 Å². The molecule has 0 aromatic carbocycles. The third-order valence-electron chi connectivity index (χ3n) is 4.08. The van der Waals surface area contributed by atoms with Gasteiger partial charge in [-0.2, -0.15) is 0 Å². The first-order chi connectivity index (χ1) is 7.66. The van der Waals surface area contributed by atoms with Crippen LogP contribution in [0.2, 0.25) is 0 Å². The first-order valence-electron chi connectivity index (χ1n) is 6.53. The van der Waals surface area contributed by atoms with Crippen LogP contribution in [-0.4, -0.2) is 68.7 Å². The van der Waals surface area contributed by atoms with Gasteiger partial charge in [0.1, 0.15) is 0 Å². The van der Waals surface area contributed by atoms with E-state index in [4.69, 9.17) is 5.73 Å². The SMILES string of the molecule is CN1CCCC(C(N)C2CN(C)CCN2)C1. The van der Waals surface area contributed by atoms with E-state index >= 15 is 0 Å². The lowest BCUT2D eigenvalue weighted by molar-refractivity contribution is 0.142. The van der Waals surface area contributed by atoms with Crippen LogP contribution in [0.15, 0.2) is 0 Å². The van der Waals surface area contributed by atoms with Crippen LogP contribution in [0.5, 0.6) is 0 Å².